The molecular formula is C12H15ClFNO2. The molecular weight excluding hydrogens is 245 g/mol. The van der Waals surface area contributed by atoms with E-state index in [4.69, 9.17) is 16.3 Å². The molecule has 0 unspecified atom stereocenters. The minimum absolute atomic E-state index is 0.0889. The number of rotatable bonds is 6. The number of methoxy groups -OCH3 is 1. The number of carbonyl (C=O) groups is 1. The van der Waals surface area contributed by atoms with E-state index in [0.717, 1.165) is 5.56 Å². The van der Waals surface area contributed by atoms with Crippen LogP contribution >= 0.6 is 11.6 Å². The molecule has 1 rings (SSSR count). The Hall–Kier alpha value is -1.29. The number of carbonyl (C=O) groups excluding carboxylic acids is 1. The summed E-state index contributed by atoms with van der Waals surface area (Å²) in [5, 5.41) is 2.70. The summed E-state index contributed by atoms with van der Waals surface area (Å²) in [6.45, 7) is 0.474. The van der Waals surface area contributed by atoms with Gasteiger partial charge in [-0.1, -0.05) is 6.07 Å². The predicted octanol–water partition coefficient (Wildman–Crippen LogP) is 2.12. The maximum Gasteiger partial charge on any atom is 0.221 e. The van der Waals surface area contributed by atoms with E-state index in [-0.39, 0.29) is 11.7 Å². The molecule has 0 aliphatic heterocycles. The van der Waals surface area contributed by atoms with Crippen LogP contribution in [0, 0.1) is 5.82 Å². The zero-order chi connectivity index (χ0) is 12.7. The standard InChI is InChI=1S/C12H15ClFNO2/c1-17-11-3-2-9(8-10(11)14)5-7-15-12(16)4-6-13/h2-3,8H,4-7H2,1H3,(H,15,16). The van der Waals surface area contributed by atoms with Crippen molar-refractivity contribution in [2.24, 2.45) is 0 Å². The Morgan fingerprint density at radius 2 is 2.29 bits per heavy atom. The van der Waals surface area contributed by atoms with E-state index >= 15 is 0 Å². The highest BCUT2D eigenvalue weighted by atomic mass is 35.5. The summed E-state index contributed by atoms with van der Waals surface area (Å²) in [6.07, 6.45) is 0.882. The van der Waals surface area contributed by atoms with Crippen molar-refractivity contribution in [2.45, 2.75) is 12.8 Å². The van der Waals surface area contributed by atoms with Crippen molar-refractivity contribution in [1.29, 1.82) is 0 Å². The average Bonchev–Trinajstić information content (AvgIpc) is 2.29. The maximum atomic E-state index is 13.3. The largest absolute Gasteiger partial charge is 0.494 e. The van der Waals surface area contributed by atoms with Gasteiger partial charge in [0.2, 0.25) is 5.91 Å². The van der Waals surface area contributed by atoms with Crippen LogP contribution in [-0.2, 0) is 11.2 Å². The fraction of sp³-hybridized carbons (Fsp3) is 0.417. The lowest BCUT2D eigenvalue weighted by atomic mass is 10.1. The number of ether oxygens (including phenoxy) is 1. The minimum Gasteiger partial charge on any atom is -0.494 e. The molecule has 1 aromatic carbocycles. The SMILES string of the molecule is COc1ccc(CCNC(=O)CCCl)cc1F. The molecule has 0 aromatic heterocycles. The molecule has 5 heteroatoms. The second-order valence-electron chi connectivity index (χ2n) is 3.51. The predicted molar refractivity (Wildman–Crippen MR) is 65.0 cm³/mol. The van der Waals surface area contributed by atoms with Gasteiger partial charge in [0.1, 0.15) is 0 Å². The Morgan fingerprint density at radius 1 is 1.53 bits per heavy atom. The molecule has 0 spiro atoms. The normalized spacial score (nSPS) is 10.1. The summed E-state index contributed by atoms with van der Waals surface area (Å²) in [5.74, 6) is 0.0502. The van der Waals surface area contributed by atoms with Gasteiger partial charge in [-0.05, 0) is 24.1 Å². The monoisotopic (exact) mass is 259 g/mol. The van der Waals surface area contributed by atoms with Gasteiger partial charge in [0.05, 0.1) is 7.11 Å². The number of nitrogens with one attached hydrogen (secondary N) is 1. The van der Waals surface area contributed by atoms with Gasteiger partial charge in [-0.15, -0.1) is 11.6 Å². The van der Waals surface area contributed by atoms with Crippen LogP contribution in [0.2, 0.25) is 0 Å². The van der Waals surface area contributed by atoms with Crippen molar-refractivity contribution in [3.05, 3.63) is 29.6 Å². The summed E-state index contributed by atoms with van der Waals surface area (Å²) in [6, 6.07) is 4.76. The highest BCUT2D eigenvalue weighted by Gasteiger charge is 2.04. The number of halogens is 2. The van der Waals surface area contributed by atoms with Gasteiger partial charge in [-0.25, -0.2) is 4.39 Å². The zero-order valence-electron chi connectivity index (χ0n) is 9.63. The first-order chi connectivity index (χ1) is 8.17. The summed E-state index contributed by atoms with van der Waals surface area (Å²) in [7, 11) is 1.42. The molecule has 1 amide bonds. The molecule has 0 radical (unpaired) electrons. The van der Waals surface area contributed by atoms with Gasteiger partial charge < -0.3 is 10.1 Å². The van der Waals surface area contributed by atoms with E-state index in [1.165, 1.54) is 13.2 Å². The third-order valence-corrected chi connectivity index (χ3v) is 2.46. The molecule has 0 heterocycles. The van der Waals surface area contributed by atoms with Crippen molar-refractivity contribution in [2.75, 3.05) is 19.5 Å². The molecule has 0 atom stereocenters. The highest BCUT2D eigenvalue weighted by Crippen LogP contribution is 2.17. The smallest absolute Gasteiger partial charge is 0.221 e. The molecule has 0 aliphatic rings. The Bertz CT molecular complexity index is 385. The summed E-state index contributed by atoms with van der Waals surface area (Å²) in [4.78, 5) is 11.1. The van der Waals surface area contributed by atoms with Gasteiger partial charge in [0.15, 0.2) is 11.6 Å². The zero-order valence-corrected chi connectivity index (χ0v) is 10.4. The number of alkyl halides is 1. The summed E-state index contributed by atoms with van der Waals surface area (Å²) in [5.41, 5.74) is 0.814. The third-order valence-electron chi connectivity index (χ3n) is 2.27. The first-order valence-corrected chi connectivity index (χ1v) is 5.86. The quantitative estimate of drug-likeness (QED) is 0.795. The first-order valence-electron chi connectivity index (χ1n) is 5.32. The fourth-order valence-corrected chi connectivity index (χ4v) is 1.56. The Kier molecular flexibility index (Phi) is 5.77. The number of hydrogen-bond donors (Lipinski definition) is 1. The van der Waals surface area contributed by atoms with Gasteiger partial charge in [0, 0.05) is 18.8 Å². The molecule has 0 bridgehead atoms. The van der Waals surface area contributed by atoms with E-state index < -0.39 is 5.82 Å². The van der Waals surface area contributed by atoms with Crippen LogP contribution < -0.4 is 10.1 Å². The Labute approximate surface area is 105 Å². The molecule has 0 saturated heterocycles. The summed E-state index contributed by atoms with van der Waals surface area (Å²) < 4.78 is 18.1. The van der Waals surface area contributed by atoms with E-state index in [1.54, 1.807) is 12.1 Å². The molecule has 0 aliphatic carbocycles. The van der Waals surface area contributed by atoms with Crippen LogP contribution in [0.1, 0.15) is 12.0 Å². The highest BCUT2D eigenvalue weighted by molar-refractivity contribution is 6.18. The molecule has 1 N–H and O–H groups in total. The Morgan fingerprint density at radius 3 is 2.88 bits per heavy atom. The van der Waals surface area contributed by atoms with Crippen LogP contribution in [0.15, 0.2) is 18.2 Å². The molecule has 1 aromatic rings. The number of benzene rings is 1. The van der Waals surface area contributed by atoms with Gasteiger partial charge >= 0.3 is 0 Å². The lowest BCUT2D eigenvalue weighted by molar-refractivity contribution is -0.120. The minimum atomic E-state index is -0.392. The molecule has 94 valence electrons. The van der Waals surface area contributed by atoms with Gasteiger partial charge in [-0.2, -0.15) is 0 Å². The topological polar surface area (TPSA) is 38.3 Å². The van der Waals surface area contributed by atoms with Crippen LogP contribution in [-0.4, -0.2) is 25.4 Å². The fourth-order valence-electron chi connectivity index (χ4n) is 1.39. The van der Waals surface area contributed by atoms with E-state index in [9.17, 15) is 9.18 Å². The number of amides is 1. The molecule has 3 nitrogen and oxygen atoms in total. The van der Waals surface area contributed by atoms with E-state index in [0.29, 0.717) is 25.3 Å². The van der Waals surface area contributed by atoms with E-state index in [2.05, 4.69) is 5.32 Å². The van der Waals surface area contributed by atoms with Crippen LogP contribution in [0.25, 0.3) is 0 Å². The van der Waals surface area contributed by atoms with Crippen LogP contribution in [0.3, 0.4) is 0 Å². The molecule has 17 heavy (non-hydrogen) atoms. The molecule has 0 fully saturated rings. The van der Waals surface area contributed by atoms with Crippen LogP contribution in [0.5, 0.6) is 5.75 Å². The van der Waals surface area contributed by atoms with Gasteiger partial charge in [0.25, 0.3) is 0 Å². The number of hydrogen-bond acceptors (Lipinski definition) is 2. The third kappa shape index (κ3) is 4.61. The molecule has 0 saturated carbocycles. The van der Waals surface area contributed by atoms with Crippen molar-refractivity contribution in [3.8, 4) is 5.75 Å². The van der Waals surface area contributed by atoms with Gasteiger partial charge in [-0.3, -0.25) is 4.79 Å². The first kappa shape index (κ1) is 13.8. The van der Waals surface area contributed by atoms with Crippen molar-refractivity contribution in [1.82, 2.24) is 5.32 Å². The van der Waals surface area contributed by atoms with Crippen molar-refractivity contribution >= 4 is 17.5 Å². The van der Waals surface area contributed by atoms with Crippen molar-refractivity contribution < 1.29 is 13.9 Å². The van der Waals surface area contributed by atoms with Crippen molar-refractivity contribution in [3.63, 3.8) is 0 Å². The second-order valence-corrected chi connectivity index (χ2v) is 3.89. The maximum absolute atomic E-state index is 13.3. The lowest BCUT2D eigenvalue weighted by Crippen LogP contribution is -2.25. The summed E-state index contributed by atoms with van der Waals surface area (Å²) >= 11 is 5.42. The average molecular weight is 260 g/mol. The Balaban J connectivity index is 2.42. The lowest BCUT2D eigenvalue weighted by Gasteiger charge is -2.06. The van der Waals surface area contributed by atoms with E-state index in [1.807, 2.05) is 0 Å². The van der Waals surface area contributed by atoms with Crippen LogP contribution in [0.4, 0.5) is 4.39 Å². The second kappa shape index (κ2) is 7.12.